The SMILES string of the molecule is CC/C=C\CCOC(C)=O.CCCCCC(CC)OC(C)=O.CCCCCCCCOC(C)=O. The number of hydrogen-bond donors (Lipinski definition) is 0. The quantitative estimate of drug-likeness (QED) is 0.0906. The Morgan fingerprint density at radius 2 is 1.18 bits per heavy atom. The Bertz CT molecular complexity index is 487. The Labute approximate surface area is 210 Å². The molecule has 0 heterocycles. The van der Waals surface area contributed by atoms with E-state index >= 15 is 0 Å². The normalized spacial score (nSPS) is 10.9. The molecule has 1 unspecified atom stereocenters. The van der Waals surface area contributed by atoms with Gasteiger partial charge in [0.05, 0.1) is 13.2 Å². The molecular formula is C28H54O6. The number of unbranched alkanes of at least 4 members (excludes halogenated alkanes) is 7. The first-order valence-electron chi connectivity index (χ1n) is 13.3. The fourth-order valence-corrected chi connectivity index (χ4v) is 2.86. The summed E-state index contributed by atoms with van der Waals surface area (Å²) in [5.74, 6) is -0.521. The van der Waals surface area contributed by atoms with Gasteiger partial charge in [-0.2, -0.15) is 0 Å². The van der Waals surface area contributed by atoms with Crippen LogP contribution in [-0.2, 0) is 28.6 Å². The van der Waals surface area contributed by atoms with Gasteiger partial charge in [-0.1, -0.05) is 84.8 Å². The van der Waals surface area contributed by atoms with Crippen molar-refractivity contribution in [1.82, 2.24) is 0 Å². The molecule has 0 N–H and O–H groups in total. The standard InChI is InChI=1S/2C10H20O2.C8H14O2/c1-4-6-7-8-10(5-2)12-9(3)11;1-3-4-5-6-7-8-9-12-10(2)11;1-3-4-5-6-7-10-8(2)9/h10H,4-8H2,1-3H3;3-9H2,1-2H3;4-5H,3,6-7H2,1-2H3/b;;5-4-. The molecule has 6 nitrogen and oxygen atoms in total. The Kier molecular flexibility index (Phi) is 33.6. The molecule has 0 amide bonds. The van der Waals surface area contributed by atoms with Crippen molar-refractivity contribution in [1.29, 1.82) is 0 Å². The molecular weight excluding hydrogens is 432 g/mol. The van der Waals surface area contributed by atoms with E-state index in [0.29, 0.717) is 13.2 Å². The number of carbonyl (C=O) groups is 3. The lowest BCUT2D eigenvalue weighted by Gasteiger charge is -2.14. The average Bonchev–Trinajstić information content (AvgIpc) is 2.78. The molecule has 0 saturated carbocycles. The van der Waals surface area contributed by atoms with Gasteiger partial charge in [-0.15, -0.1) is 0 Å². The van der Waals surface area contributed by atoms with Crippen LogP contribution in [0.4, 0.5) is 0 Å². The van der Waals surface area contributed by atoms with Crippen LogP contribution in [0.3, 0.4) is 0 Å². The molecule has 0 bridgehead atoms. The lowest BCUT2D eigenvalue weighted by molar-refractivity contribution is -0.147. The predicted octanol–water partition coefficient (Wildman–Crippen LogP) is 7.72. The van der Waals surface area contributed by atoms with Gasteiger partial charge in [0.25, 0.3) is 0 Å². The van der Waals surface area contributed by atoms with Gasteiger partial charge in [0, 0.05) is 20.8 Å². The number of carbonyl (C=O) groups excluding carboxylic acids is 3. The van der Waals surface area contributed by atoms with Gasteiger partial charge in [0.1, 0.15) is 6.10 Å². The van der Waals surface area contributed by atoms with Crippen molar-refractivity contribution in [3.05, 3.63) is 12.2 Å². The fourth-order valence-electron chi connectivity index (χ4n) is 2.86. The van der Waals surface area contributed by atoms with E-state index in [1.807, 2.05) is 6.08 Å². The van der Waals surface area contributed by atoms with Gasteiger partial charge < -0.3 is 14.2 Å². The summed E-state index contributed by atoms with van der Waals surface area (Å²) in [7, 11) is 0. The predicted molar refractivity (Wildman–Crippen MR) is 141 cm³/mol. The summed E-state index contributed by atoms with van der Waals surface area (Å²) in [6, 6.07) is 0. The summed E-state index contributed by atoms with van der Waals surface area (Å²) in [6.45, 7) is 14.0. The Balaban J connectivity index is -0.000000426. The molecule has 0 aliphatic carbocycles. The highest BCUT2D eigenvalue weighted by Gasteiger charge is 2.07. The Morgan fingerprint density at radius 1 is 0.647 bits per heavy atom. The third-order valence-corrected chi connectivity index (χ3v) is 4.71. The molecule has 0 spiro atoms. The van der Waals surface area contributed by atoms with E-state index in [9.17, 15) is 14.4 Å². The molecule has 0 aliphatic heterocycles. The molecule has 0 aliphatic rings. The maximum absolute atomic E-state index is 10.6. The molecule has 202 valence electrons. The van der Waals surface area contributed by atoms with E-state index in [0.717, 1.165) is 32.1 Å². The first-order valence-corrected chi connectivity index (χ1v) is 13.3. The monoisotopic (exact) mass is 486 g/mol. The van der Waals surface area contributed by atoms with E-state index in [4.69, 9.17) is 14.2 Å². The molecule has 0 aromatic heterocycles. The summed E-state index contributed by atoms with van der Waals surface area (Å²) in [5, 5.41) is 0. The minimum atomic E-state index is -0.204. The van der Waals surface area contributed by atoms with Gasteiger partial charge in [0.2, 0.25) is 0 Å². The molecule has 0 saturated heterocycles. The van der Waals surface area contributed by atoms with Crippen molar-refractivity contribution in [2.24, 2.45) is 0 Å². The highest BCUT2D eigenvalue weighted by atomic mass is 16.5. The second-order valence-corrected chi connectivity index (χ2v) is 8.25. The van der Waals surface area contributed by atoms with E-state index in [1.165, 1.54) is 72.1 Å². The van der Waals surface area contributed by atoms with Crippen LogP contribution < -0.4 is 0 Å². The number of allylic oxidation sites excluding steroid dienone is 1. The number of ether oxygens (including phenoxy) is 3. The molecule has 0 aromatic carbocycles. The Hall–Kier alpha value is -1.85. The number of hydrogen-bond acceptors (Lipinski definition) is 6. The first-order chi connectivity index (χ1) is 16.2. The van der Waals surface area contributed by atoms with Crippen molar-refractivity contribution in [2.45, 2.75) is 138 Å². The van der Waals surface area contributed by atoms with Crippen LogP contribution in [0.15, 0.2) is 12.2 Å². The summed E-state index contributed by atoms with van der Waals surface area (Å²) in [5.41, 5.74) is 0. The summed E-state index contributed by atoms with van der Waals surface area (Å²) >= 11 is 0. The third-order valence-electron chi connectivity index (χ3n) is 4.71. The second kappa shape index (κ2) is 31.1. The molecule has 6 heteroatoms. The first kappa shape index (κ1) is 36.7. The fraction of sp³-hybridized carbons (Fsp3) is 0.821. The molecule has 0 rings (SSSR count). The number of esters is 3. The molecule has 0 radical (unpaired) electrons. The maximum atomic E-state index is 10.6. The maximum Gasteiger partial charge on any atom is 0.302 e. The zero-order valence-corrected chi connectivity index (χ0v) is 23.3. The summed E-state index contributed by atoms with van der Waals surface area (Å²) < 4.78 is 14.6. The van der Waals surface area contributed by atoms with Crippen LogP contribution in [0, 0.1) is 0 Å². The largest absolute Gasteiger partial charge is 0.466 e. The van der Waals surface area contributed by atoms with Crippen LogP contribution in [0.1, 0.15) is 132 Å². The second-order valence-electron chi connectivity index (χ2n) is 8.25. The summed E-state index contributed by atoms with van der Waals surface area (Å²) in [6.07, 6.45) is 19.1. The van der Waals surface area contributed by atoms with E-state index < -0.39 is 0 Å². The van der Waals surface area contributed by atoms with Crippen LogP contribution in [0.25, 0.3) is 0 Å². The van der Waals surface area contributed by atoms with Crippen LogP contribution in [0.2, 0.25) is 0 Å². The lowest BCUT2D eigenvalue weighted by atomic mass is 10.1. The van der Waals surface area contributed by atoms with Crippen molar-refractivity contribution in [2.75, 3.05) is 13.2 Å². The van der Waals surface area contributed by atoms with Crippen LogP contribution >= 0.6 is 0 Å². The van der Waals surface area contributed by atoms with E-state index in [1.54, 1.807) is 0 Å². The van der Waals surface area contributed by atoms with Gasteiger partial charge in [0.15, 0.2) is 0 Å². The minimum absolute atomic E-state index is 0.147. The zero-order valence-electron chi connectivity index (χ0n) is 23.3. The molecule has 34 heavy (non-hydrogen) atoms. The van der Waals surface area contributed by atoms with E-state index in [-0.39, 0.29) is 24.0 Å². The van der Waals surface area contributed by atoms with Gasteiger partial charge in [-0.3, -0.25) is 14.4 Å². The van der Waals surface area contributed by atoms with Crippen LogP contribution in [-0.4, -0.2) is 37.2 Å². The highest BCUT2D eigenvalue weighted by molar-refractivity contribution is 5.66. The van der Waals surface area contributed by atoms with Gasteiger partial charge in [-0.05, 0) is 38.5 Å². The summed E-state index contributed by atoms with van der Waals surface area (Å²) in [4.78, 5) is 31.2. The molecule has 0 fully saturated rings. The van der Waals surface area contributed by atoms with E-state index in [2.05, 4.69) is 33.8 Å². The minimum Gasteiger partial charge on any atom is -0.466 e. The van der Waals surface area contributed by atoms with Crippen LogP contribution in [0.5, 0.6) is 0 Å². The highest BCUT2D eigenvalue weighted by Crippen LogP contribution is 2.09. The Morgan fingerprint density at radius 3 is 1.68 bits per heavy atom. The van der Waals surface area contributed by atoms with Crippen molar-refractivity contribution >= 4 is 17.9 Å². The molecule has 1 atom stereocenters. The third kappa shape index (κ3) is 40.5. The molecule has 0 aromatic rings. The van der Waals surface area contributed by atoms with Crippen molar-refractivity contribution < 1.29 is 28.6 Å². The average molecular weight is 487 g/mol. The number of rotatable bonds is 17. The lowest BCUT2D eigenvalue weighted by Crippen LogP contribution is -2.14. The van der Waals surface area contributed by atoms with Gasteiger partial charge >= 0.3 is 17.9 Å². The zero-order chi connectivity index (χ0) is 26.5. The smallest absolute Gasteiger partial charge is 0.302 e. The van der Waals surface area contributed by atoms with Gasteiger partial charge in [-0.25, -0.2) is 0 Å². The van der Waals surface area contributed by atoms with Crippen molar-refractivity contribution in [3.8, 4) is 0 Å². The van der Waals surface area contributed by atoms with Crippen molar-refractivity contribution in [3.63, 3.8) is 0 Å². The topological polar surface area (TPSA) is 78.9 Å².